The number of rotatable bonds is 4. The van der Waals surface area contributed by atoms with Crippen molar-refractivity contribution >= 4 is 17.1 Å². The molecule has 0 radical (unpaired) electrons. The molecule has 9 aromatic rings. The molecule has 0 saturated heterocycles. The van der Waals surface area contributed by atoms with E-state index in [-0.39, 0.29) is 0 Å². The molecular formula is C50H30N6O2. The zero-order valence-electron chi connectivity index (χ0n) is 30.8. The van der Waals surface area contributed by atoms with E-state index >= 15 is 0 Å². The van der Waals surface area contributed by atoms with Gasteiger partial charge in [0.15, 0.2) is 23.1 Å². The predicted molar refractivity (Wildman–Crippen MR) is 224 cm³/mol. The van der Waals surface area contributed by atoms with Crippen LogP contribution in [0.25, 0.3) is 45.2 Å². The first-order valence-electron chi connectivity index (χ1n) is 19.1. The van der Waals surface area contributed by atoms with Crippen LogP contribution in [-0.2, 0) is 5.41 Å². The fourth-order valence-corrected chi connectivity index (χ4v) is 9.07. The van der Waals surface area contributed by atoms with Crippen molar-refractivity contribution in [3.63, 3.8) is 0 Å². The molecule has 58 heavy (non-hydrogen) atoms. The van der Waals surface area contributed by atoms with E-state index in [1.807, 2.05) is 85.3 Å². The van der Waals surface area contributed by atoms with Gasteiger partial charge in [-0.25, -0.2) is 15.0 Å². The lowest BCUT2D eigenvalue weighted by atomic mass is 9.66. The summed E-state index contributed by atoms with van der Waals surface area (Å²) in [4.78, 5) is 26.3. The fraction of sp³-hybridized carbons (Fsp3) is 0.0200. The van der Waals surface area contributed by atoms with Crippen LogP contribution in [0.5, 0.6) is 23.0 Å². The quantitative estimate of drug-likeness (QED) is 0.176. The molecule has 1 aliphatic carbocycles. The number of fused-ring (bicyclic) bond motifs is 12. The van der Waals surface area contributed by atoms with Gasteiger partial charge in [0.2, 0.25) is 0 Å². The third-order valence-electron chi connectivity index (χ3n) is 11.4. The molecule has 0 fully saturated rings. The molecule has 8 heteroatoms. The maximum atomic E-state index is 7.04. The van der Waals surface area contributed by atoms with Crippen LogP contribution in [0.1, 0.15) is 22.3 Å². The Morgan fingerprint density at radius 2 is 1.07 bits per heavy atom. The van der Waals surface area contributed by atoms with Crippen LogP contribution < -0.4 is 14.4 Å². The number of hydrogen-bond donors (Lipinski definition) is 0. The van der Waals surface area contributed by atoms with Gasteiger partial charge in [0, 0.05) is 53.2 Å². The van der Waals surface area contributed by atoms with Crippen molar-refractivity contribution in [3.8, 4) is 68.2 Å². The Morgan fingerprint density at radius 3 is 1.93 bits per heavy atom. The van der Waals surface area contributed by atoms with Gasteiger partial charge in [0.1, 0.15) is 5.75 Å². The molecule has 1 unspecified atom stereocenters. The number of para-hydroxylation sites is 4. The van der Waals surface area contributed by atoms with E-state index in [4.69, 9.17) is 19.4 Å². The number of pyridine rings is 3. The normalized spacial score (nSPS) is 15.2. The number of benzene rings is 5. The molecule has 272 valence electrons. The molecule has 3 aliphatic rings. The van der Waals surface area contributed by atoms with Crippen molar-refractivity contribution in [1.82, 2.24) is 24.9 Å². The van der Waals surface area contributed by atoms with Crippen molar-refractivity contribution in [3.05, 3.63) is 205 Å². The van der Waals surface area contributed by atoms with Gasteiger partial charge < -0.3 is 14.4 Å². The monoisotopic (exact) mass is 746 g/mol. The van der Waals surface area contributed by atoms with E-state index in [2.05, 4.69) is 105 Å². The summed E-state index contributed by atoms with van der Waals surface area (Å²) in [5, 5.41) is 0. The molecule has 2 aliphatic heterocycles. The Hall–Kier alpha value is -7.97. The molecule has 1 spiro atoms. The molecule has 5 aromatic carbocycles. The Bertz CT molecular complexity index is 3100. The highest BCUT2D eigenvalue weighted by atomic mass is 16.5. The van der Waals surface area contributed by atoms with E-state index in [1.165, 1.54) is 0 Å². The van der Waals surface area contributed by atoms with E-state index in [1.54, 1.807) is 12.4 Å². The topological polar surface area (TPSA) is 86.2 Å². The minimum atomic E-state index is -0.810. The first-order chi connectivity index (χ1) is 28.8. The van der Waals surface area contributed by atoms with E-state index < -0.39 is 5.41 Å². The Labute approximate surface area is 333 Å². The van der Waals surface area contributed by atoms with Gasteiger partial charge in [-0.3, -0.25) is 9.97 Å². The fourth-order valence-electron chi connectivity index (χ4n) is 9.07. The molecule has 6 heterocycles. The standard InChI is InChI=1S/C50H30N6O2/c1-2-12-33(32(11-1)31-24-29-51-30-25-31)39-22-20-37-46(55-39)45-36(15-9-26-52-45)50(37)35-14-4-7-18-43(35)57-47-38(50)21-23-42-48(47)58-44-19-8-6-17-41(44)56(42)40-16-5-3-13-34(40)49-53-27-10-28-54-49/h1-30H. The van der Waals surface area contributed by atoms with Gasteiger partial charge in [-0.15, -0.1) is 0 Å². The highest BCUT2D eigenvalue weighted by Crippen LogP contribution is 2.66. The van der Waals surface area contributed by atoms with Crippen LogP contribution in [0.15, 0.2) is 183 Å². The average Bonchev–Trinajstić information content (AvgIpc) is 3.58. The van der Waals surface area contributed by atoms with Crippen molar-refractivity contribution < 1.29 is 9.47 Å². The van der Waals surface area contributed by atoms with Crippen LogP contribution in [0, 0.1) is 0 Å². The van der Waals surface area contributed by atoms with E-state index in [0.29, 0.717) is 23.1 Å². The van der Waals surface area contributed by atoms with Crippen LogP contribution in [0.3, 0.4) is 0 Å². The zero-order chi connectivity index (χ0) is 38.2. The minimum absolute atomic E-state index is 0.614. The molecule has 0 saturated carbocycles. The maximum absolute atomic E-state index is 7.04. The van der Waals surface area contributed by atoms with Gasteiger partial charge in [0.25, 0.3) is 0 Å². The summed E-state index contributed by atoms with van der Waals surface area (Å²) in [6.07, 6.45) is 9.04. The van der Waals surface area contributed by atoms with Gasteiger partial charge in [-0.2, -0.15) is 0 Å². The van der Waals surface area contributed by atoms with Crippen LogP contribution in [0.4, 0.5) is 17.1 Å². The lowest BCUT2D eigenvalue weighted by molar-refractivity contribution is 0.391. The predicted octanol–water partition coefficient (Wildman–Crippen LogP) is 11.7. The van der Waals surface area contributed by atoms with Gasteiger partial charge in [0.05, 0.1) is 39.6 Å². The van der Waals surface area contributed by atoms with Crippen LogP contribution >= 0.6 is 0 Å². The van der Waals surface area contributed by atoms with Crippen molar-refractivity contribution in [2.45, 2.75) is 5.41 Å². The van der Waals surface area contributed by atoms with Crippen LogP contribution in [0.2, 0.25) is 0 Å². The van der Waals surface area contributed by atoms with Crippen molar-refractivity contribution in [2.24, 2.45) is 0 Å². The first-order valence-corrected chi connectivity index (χ1v) is 19.1. The Morgan fingerprint density at radius 1 is 0.414 bits per heavy atom. The molecule has 8 nitrogen and oxygen atoms in total. The molecule has 0 amide bonds. The van der Waals surface area contributed by atoms with Crippen LogP contribution in [-0.4, -0.2) is 24.9 Å². The summed E-state index contributed by atoms with van der Waals surface area (Å²) in [7, 11) is 0. The second kappa shape index (κ2) is 12.5. The number of hydrogen-bond acceptors (Lipinski definition) is 8. The SMILES string of the molecule is c1cnc(-c2ccccc2N2c3ccccc3Oc3c2ccc2c3Oc3ccccc3C23c2cccnc2-c2nc(-c4ccccc4-c4ccncc4)ccc23)nc1. The van der Waals surface area contributed by atoms with Crippen molar-refractivity contribution in [2.75, 3.05) is 4.90 Å². The summed E-state index contributed by atoms with van der Waals surface area (Å²) in [6, 6.07) is 51.7. The largest absolute Gasteiger partial charge is 0.453 e. The molecule has 1 atom stereocenters. The second-order valence-corrected chi connectivity index (χ2v) is 14.4. The Balaban J connectivity index is 1.11. The summed E-state index contributed by atoms with van der Waals surface area (Å²) >= 11 is 0. The summed E-state index contributed by atoms with van der Waals surface area (Å²) in [5.41, 5.74) is 12.5. The third-order valence-corrected chi connectivity index (χ3v) is 11.4. The molecule has 0 bridgehead atoms. The van der Waals surface area contributed by atoms with E-state index in [0.717, 1.165) is 84.4 Å². The van der Waals surface area contributed by atoms with E-state index in [9.17, 15) is 0 Å². The van der Waals surface area contributed by atoms with Crippen molar-refractivity contribution in [1.29, 1.82) is 0 Å². The Kier molecular flexibility index (Phi) is 6.97. The number of nitrogens with zero attached hydrogens (tertiary/aromatic N) is 6. The number of ether oxygens (including phenoxy) is 2. The van der Waals surface area contributed by atoms with Gasteiger partial charge in [-0.1, -0.05) is 84.9 Å². The lowest BCUT2D eigenvalue weighted by Gasteiger charge is -2.41. The average molecular weight is 747 g/mol. The number of aromatic nitrogens is 5. The second-order valence-electron chi connectivity index (χ2n) is 14.4. The smallest absolute Gasteiger partial charge is 0.194 e. The molecule has 4 aromatic heterocycles. The first kappa shape index (κ1) is 32.3. The van der Waals surface area contributed by atoms with Gasteiger partial charge >= 0.3 is 0 Å². The highest BCUT2D eigenvalue weighted by molar-refractivity contribution is 5.95. The third kappa shape index (κ3) is 4.54. The highest BCUT2D eigenvalue weighted by Gasteiger charge is 2.54. The minimum Gasteiger partial charge on any atom is -0.453 e. The summed E-state index contributed by atoms with van der Waals surface area (Å²) < 4.78 is 14.0. The summed E-state index contributed by atoms with van der Waals surface area (Å²) in [6.45, 7) is 0. The molecular weight excluding hydrogens is 717 g/mol. The zero-order valence-corrected chi connectivity index (χ0v) is 30.8. The number of anilines is 3. The van der Waals surface area contributed by atoms with Gasteiger partial charge in [-0.05, 0) is 89.0 Å². The maximum Gasteiger partial charge on any atom is 0.194 e. The lowest BCUT2D eigenvalue weighted by Crippen LogP contribution is -2.33. The molecule has 0 N–H and O–H groups in total. The molecule has 12 rings (SSSR count). The summed E-state index contributed by atoms with van der Waals surface area (Å²) in [5.74, 6) is 3.33.